The molecule has 0 aliphatic heterocycles. The molecule has 0 atom stereocenters. The maximum atomic E-state index is 12.9. The number of hydrogen-bond acceptors (Lipinski definition) is 3. The highest BCUT2D eigenvalue weighted by Crippen LogP contribution is 2.30. The predicted octanol–water partition coefficient (Wildman–Crippen LogP) is 4.27. The van der Waals surface area contributed by atoms with Crippen LogP contribution in [0.5, 0.6) is 0 Å². The van der Waals surface area contributed by atoms with Gasteiger partial charge in [-0.15, -0.1) is 0 Å². The molecule has 3 rings (SSSR count). The van der Waals surface area contributed by atoms with Crippen molar-refractivity contribution in [3.05, 3.63) is 63.5 Å². The maximum absolute atomic E-state index is 12.9. The maximum Gasteiger partial charge on any atom is 0.355 e. The number of esters is 1. The standard InChI is InChI=1S/C21H23NO3/c1-4-14-6-8-15(9-7-14)12-16-10-11-17-18(20(16)23)13(3)19(22-17)21(24)25-5-2/h6-9,12,22H,4-5,10-11H2,1-3H3/b16-12+. The number of rotatable bonds is 4. The second-order valence-electron chi connectivity index (χ2n) is 6.29. The molecule has 0 spiro atoms. The molecule has 1 aromatic heterocycles. The lowest BCUT2D eigenvalue weighted by Crippen LogP contribution is -2.14. The van der Waals surface area contributed by atoms with E-state index in [0.29, 0.717) is 29.8 Å². The van der Waals surface area contributed by atoms with Crippen LogP contribution in [0.4, 0.5) is 0 Å². The van der Waals surface area contributed by atoms with Gasteiger partial charge in [0, 0.05) is 16.8 Å². The summed E-state index contributed by atoms with van der Waals surface area (Å²) in [7, 11) is 0. The van der Waals surface area contributed by atoms with E-state index in [2.05, 4.69) is 24.0 Å². The summed E-state index contributed by atoms with van der Waals surface area (Å²) in [5.41, 5.74) is 5.64. The van der Waals surface area contributed by atoms with Crippen molar-refractivity contribution in [2.45, 2.75) is 40.0 Å². The van der Waals surface area contributed by atoms with E-state index in [-0.39, 0.29) is 5.78 Å². The fourth-order valence-corrected chi connectivity index (χ4v) is 3.28. The number of nitrogens with one attached hydrogen (secondary N) is 1. The van der Waals surface area contributed by atoms with Crippen molar-refractivity contribution < 1.29 is 14.3 Å². The lowest BCUT2D eigenvalue weighted by atomic mass is 9.88. The summed E-state index contributed by atoms with van der Waals surface area (Å²) in [6.45, 7) is 6.01. The molecular formula is C21H23NO3. The molecule has 1 aliphatic rings. The third-order valence-corrected chi connectivity index (χ3v) is 4.70. The summed E-state index contributed by atoms with van der Waals surface area (Å²) in [6.07, 6.45) is 4.35. The van der Waals surface area contributed by atoms with Gasteiger partial charge in [0.1, 0.15) is 5.69 Å². The second-order valence-corrected chi connectivity index (χ2v) is 6.29. The summed E-state index contributed by atoms with van der Waals surface area (Å²) < 4.78 is 5.07. The third-order valence-electron chi connectivity index (χ3n) is 4.70. The first-order chi connectivity index (χ1) is 12.0. The number of aromatic nitrogens is 1. The van der Waals surface area contributed by atoms with Gasteiger partial charge in [-0.05, 0) is 55.9 Å². The van der Waals surface area contributed by atoms with Gasteiger partial charge < -0.3 is 9.72 Å². The molecule has 0 radical (unpaired) electrons. The van der Waals surface area contributed by atoms with E-state index < -0.39 is 5.97 Å². The normalized spacial score (nSPS) is 15.3. The minimum Gasteiger partial charge on any atom is -0.461 e. The molecule has 1 heterocycles. The van der Waals surface area contributed by atoms with Gasteiger partial charge in [0.25, 0.3) is 0 Å². The largest absolute Gasteiger partial charge is 0.461 e. The fraction of sp³-hybridized carbons (Fsp3) is 0.333. The number of ketones is 1. The molecule has 1 aliphatic carbocycles. The smallest absolute Gasteiger partial charge is 0.355 e. The van der Waals surface area contributed by atoms with Crippen molar-refractivity contribution in [3.8, 4) is 0 Å². The number of carbonyl (C=O) groups is 2. The highest BCUT2D eigenvalue weighted by atomic mass is 16.5. The fourth-order valence-electron chi connectivity index (χ4n) is 3.28. The van der Waals surface area contributed by atoms with E-state index in [1.54, 1.807) is 13.8 Å². The topological polar surface area (TPSA) is 59.2 Å². The van der Waals surface area contributed by atoms with Crippen LogP contribution in [-0.2, 0) is 17.6 Å². The lowest BCUT2D eigenvalue weighted by Gasteiger charge is -2.14. The number of carbonyl (C=O) groups excluding carboxylic acids is 2. The number of fused-ring (bicyclic) bond motifs is 1. The third kappa shape index (κ3) is 3.29. The minimum atomic E-state index is -0.400. The predicted molar refractivity (Wildman–Crippen MR) is 97.9 cm³/mol. The number of allylic oxidation sites excluding steroid dienone is 1. The molecule has 0 saturated heterocycles. The highest BCUT2D eigenvalue weighted by Gasteiger charge is 2.29. The van der Waals surface area contributed by atoms with Gasteiger partial charge in [0.15, 0.2) is 5.78 Å². The first kappa shape index (κ1) is 17.2. The molecule has 4 heteroatoms. The number of aryl methyl sites for hydroxylation is 2. The Hall–Kier alpha value is -2.62. The van der Waals surface area contributed by atoms with Gasteiger partial charge in [-0.2, -0.15) is 0 Å². The van der Waals surface area contributed by atoms with Crippen LogP contribution in [0.1, 0.15) is 63.5 Å². The average Bonchev–Trinajstić information content (AvgIpc) is 2.96. The van der Waals surface area contributed by atoms with Crippen LogP contribution in [0.25, 0.3) is 6.08 Å². The average molecular weight is 337 g/mol. The number of Topliss-reactive ketones (excluding diaryl/α,β-unsaturated/α-hetero) is 1. The zero-order chi connectivity index (χ0) is 18.0. The molecule has 0 saturated carbocycles. The minimum absolute atomic E-state index is 0.00474. The second kappa shape index (κ2) is 7.09. The zero-order valence-corrected chi connectivity index (χ0v) is 14.9. The van der Waals surface area contributed by atoms with Gasteiger partial charge in [-0.3, -0.25) is 4.79 Å². The van der Waals surface area contributed by atoms with Crippen LogP contribution in [0.15, 0.2) is 29.8 Å². The van der Waals surface area contributed by atoms with E-state index >= 15 is 0 Å². The Morgan fingerprint density at radius 2 is 1.92 bits per heavy atom. The molecule has 2 aromatic rings. The van der Waals surface area contributed by atoms with Crippen molar-refractivity contribution >= 4 is 17.8 Å². The van der Waals surface area contributed by atoms with E-state index in [9.17, 15) is 9.59 Å². The Morgan fingerprint density at radius 3 is 2.56 bits per heavy atom. The molecule has 0 amide bonds. The molecule has 1 aromatic carbocycles. The lowest BCUT2D eigenvalue weighted by molar-refractivity contribution is 0.0519. The summed E-state index contributed by atoms with van der Waals surface area (Å²) in [5.74, 6) is -0.395. The van der Waals surface area contributed by atoms with E-state index in [4.69, 9.17) is 4.74 Å². The van der Waals surface area contributed by atoms with E-state index in [1.807, 2.05) is 18.2 Å². The molecule has 25 heavy (non-hydrogen) atoms. The van der Waals surface area contributed by atoms with Crippen molar-refractivity contribution in [3.63, 3.8) is 0 Å². The summed E-state index contributed by atoms with van der Waals surface area (Å²) >= 11 is 0. The van der Waals surface area contributed by atoms with Gasteiger partial charge in [0.2, 0.25) is 0 Å². The Kier molecular flexibility index (Phi) is 4.88. The van der Waals surface area contributed by atoms with E-state index in [0.717, 1.165) is 29.7 Å². The summed E-state index contributed by atoms with van der Waals surface area (Å²) in [5, 5.41) is 0. The van der Waals surface area contributed by atoms with Crippen LogP contribution < -0.4 is 0 Å². The Labute approximate surface area is 147 Å². The van der Waals surface area contributed by atoms with Crippen LogP contribution in [-0.4, -0.2) is 23.3 Å². The molecule has 0 unspecified atom stereocenters. The summed E-state index contributed by atoms with van der Waals surface area (Å²) in [4.78, 5) is 28.1. The first-order valence-electron chi connectivity index (χ1n) is 8.77. The van der Waals surface area contributed by atoms with Crippen LogP contribution in [0.3, 0.4) is 0 Å². The number of benzene rings is 1. The Morgan fingerprint density at radius 1 is 1.20 bits per heavy atom. The Balaban J connectivity index is 1.92. The molecule has 0 fully saturated rings. The van der Waals surface area contributed by atoms with Crippen LogP contribution in [0.2, 0.25) is 0 Å². The number of ether oxygens (including phenoxy) is 1. The van der Waals surface area contributed by atoms with Gasteiger partial charge in [0.05, 0.1) is 6.61 Å². The van der Waals surface area contributed by atoms with Crippen molar-refractivity contribution in [2.24, 2.45) is 0 Å². The summed E-state index contributed by atoms with van der Waals surface area (Å²) in [6, 6.07) is 8.27. The van der Waals surface area contributed by atoms with E-state index in [1.165, 1.54) is 5.56 Å². The first-order valence-corrected chi connectivity index (χ1v) is 8.77. The molecule has 4 nitrogen and oxygen atoms in total. The van der Waals surface area contributed by atoms with Crippen LogP contribution in [0, 0.1) is 6.92 Å². The van der Waals surface area contributed by atoms with Gasteiger partial charge in [-0.25, -0.2) is 4.79 Å². The Bertz CT molecular complexity index is 841. The molecule has 1 N–H and O–H groups in total. The monoisotopic (exact) mass is 337 g/mol. The van der Waals surface area contributed by atoms with Gasteiger partial charge in [-0.1, -0.05) is 31.2 Å². The van der Waals surface area contributed by atoms with Crippen molar-refractivity contribution in [2.75, 3.05) is 6.61 Å². The highest BCUT2D eigenvalue weighted by molar-refractivity contribution is 6.15. The SMILES string of the molecule is CCOC(=O)c1[nH]c2c(c1C)C(=O)/C(=C/c1ccc(CC)cc1)CC2. The van der Waals surface area contributed by atoms with Gasteiger partial charge >= 0.3 is 5.97 Å². The molecule has 0 bridgehead atoms. The molecule has 130 valence electrons. The number of H-pyrrole nitrogens is 1. The molecular weight excluding hydrogens is 314 g/mol. The van der Waals surface area contributed by atoms with Crippen molar-refractivity contribution in [1.82, 2.24) is 4.98 Å². The zero-order valence-electron chi connectivity index (χ0n) is 14.9. The number of hydrogen-bond donors (Lipinski definition) is 1. The quantitative estimate of drug-likeness (QED) is 0.669. The van der Waals surface area contributed by atoms with Crippen molar-refractivity contribution in [1.29, 1.82) is 0 Å². The van der Waals surface area contributed by atoms with Crippen LogP contribution >= 0.6 is 0 Å². The number of aromatic amines is 1.